The number of aryl methyl sites for hydroxylation is 3. The number of nitrogens with zero attached hydrogens (tertiary/aromatic N) is 5. The lowest BCUT2D eigenvalue weighted by molar-refractivity contribution is -0.116. The van der Waals surface area contributed by atoms with Gasteiger partial charge in [0.1, 0.15) is 5.82 Å². The number of imidazole rings is 1. The van der Waals surface area contributed by atoms with Crippen LogP contribution in [0.1, 0.15) is 18.4 Å². The molecule has 0 bridgehead atoms. The smallest absolute Gasteiger partial charge is 0.325 e. The summed E-state index contributed by atoms with van der Waals surface area (Å²) in [5.74, 6) is 0.364. The molecular formula is C17H20N6O3. The van der Waals surface area contributed by atoms with Crippen LogP contribution >= 0.6 is 0 Å². The number of amides is 1. The summed E-state index contributed by atoms with van der Waals surface area (Å²) in [6.45, 7) is 2.37. The molecule has 0 fully saturated rings. The summed E-state index contributed by atoms with van der Waals surface area (Å²) in [6, 6.07) is 3.63. The van der Waals surface area contributed by atoms with Crippen molar-refractivity contribution in [3.63, 3.8) is 0 Å². The van der Waals surface area contributed by atoms with Crippen LogP contribution in [-0.4, -0.2) is 29.6 Å². The van der Waals surface area contributed by atoms with Gasteiger partial charge in [0.25, 0.3) is 5.56 Å². The Morgan fingerprint density at radius 3 is 2.62 bits per heavy atom. The minimum absolute atomic E-state index is 0.147. The van der Waals surface area contributed by atoms with E-state index < -0.39 is 11.2 Å². The summed E-state index contributed by atoms with van der Waals surface area (Å²) < 4.78 is 4.06. The number of carbonyl (C=O) groups excluding carboxylic acids is 1. The largest absolute Gasteiger partial charge is 0.332 e. The van der Waals surface area contributed by atoms with Crippen molar-refractivity contribution in [1.82, 2.24) is 23.7 Å². The van der Waals surface area contributed by atoms with Crippen molar-refractivity contribution in [3.05, 3.63) is 51.1 Å². The van der Waals surface area contributed by atoms with Gasteiger partial charge in [-0.3, -0.25) is 18.7 Å². The molecule has 9 heteroatoms. The van der Waals surface area contributed by atoms with Gasteiger partial charge in [-0.05, 0) is 25.0 Å². The molecule has 0 aliphatic heterocycles. The van der Waals surface area contributed by atoms with Crippen LogP contribution in [0.15, 0.2) is 34.2 Å². The van der Waals surface area contributed by atoms with Crippen LogP contribution in [0.4, 0.5) is 5.82 Å². The first-order valence-corrected chi connectivity index (χ1v) is 8.22. The monoisotopic (exact) mass is 356 g/mol. The Morgan fingerprint density at radius 2 is 1.92 bits per heavy atom. The number of hydrogen-bond acceptors (Lipinski definition) is 5. The maximum Gasteiger partial charge on any atom is 0.332 e. The summed E-state index contributed by atoms with van der Waals surface area (Å²) in [5.41, 5.74) is 0.902. The molecule has 3 heterocycles. The summed E-state index contributed by atoms with van der Waals surface area (Å²) in [5, 5.41) is 2.74. The highest BCUT2D eigenvalue weighted by Gasteiger charge is 2.14. The lowest BCUT2D eigenvalue weighted by Crippen LogP contribution is -2.37. The molecular weight excluding hydrogens is 336 g/mol. The molecule has 0 radical (unpaired) electrons. The summed E-state index contributed by atoms with van der Waals surface area (Å²) in [7, 11) is 3.01. The highest BCUT2D eigenvalue weighted by molar-refractivity contribution is 5.89. The number of nitrogens with one attached hydrogen (secondary N) is 1. The highest BCUT2D eigenvalue weighted by Crippen LogP contribution is 2.08. The molecule has 136 valence electrons. The third kappa shape index (κ3) is 3.28. The van der Waals surface area contributed by atoms with E-state index in [2.05, 4.69) is 15.3 Å². The second-order valence-corrected chi connectivity index (χ2v) is 6.19. The van der Waals surface area contributed by atoms with Gasteiger partial charge in [-0.15, -0.1) is 0 Å². The van der Waals surface area contributed by atoms with Crippen molar-refractivity contribution >= 4 is 22.9 Å². The Labute approximate surface area is 148 Å². The van der Waals surface area contributed by atoms with E-state index in [1.54, 1.807) is 23.9 Å². The number of hydrogen-bond donors (Lipinski definition) is 1. The zero-order valence-corrected chi connectivity index (χ0v) is 14.9. The molecule has 0 saturated carbocycles. The zero-order chi connectivity index (χ0) is 18.8. The molecule has 0 aliphatic carbocycles. The molecule has 0 atom stereocenters. The Balaban J connectivity index is 1.69. The Morgan fingerprint density at radius 1 is 1.15 bits per heavy atom. The maximum absolute atomic E-state index is 12.4. The third-order valence-electron chi connectivity index (χ3n) is 4.20. The average Bonchev–Trinajstić information content (AvgIpc) is 3.04. The predicted molar refractivity (Wildman–Crippen MR) is 97.1 cm³/mol. The predicted octanol–water partition coefficient (Wildman–Crippen LogP) is 0.556. The van der Waals surface area contributed by atoms with Crippen molar-refractivity contribution in [2.45, 2.75) is 26.3 Å². The van der Waals surface area contributed by atoms with E-state index in [4.69, 9.17) is 0 Å². The minimum Gasteiger partial charge on any atom is -0.325 e. The lowest BCUT2D eigenvalue weighted by Gasteiger charge is -2.07. The summed E-state index contributed by atoms with van der Waals surface area (Å²) in [4.78, 5) is 44.6. The van der Waals surface area contributed by atoms with E-state index in [0.717, 1.165) is 10.1 Å². The van der Waals surface area contributed by atoms with Crippen molar-refractivity contribution < 1.29 is 4.79 Å². The fraction of sp³-hybridized carbons (Fsp3) is 0.353. The number of aromatic nitrogens is 5. The van der Waals surface area contributed by atoms with Crippen molar-refractivity contribution in [1.29, 1.82) is 0 Å². The Kier molecular flexibility index (Phi) is 4.70. The second-order valence-electron chi connectivity index (χ2n) is 6.19. The molecule has 3 aromatic heterocycles. The van der Waals surface area contributed by atoms with E-state index in [1.807, 2.05) is 13.0 Å². The van der Waals surface area contributed by atoms with Crippen LogP contribution in [0, 0.1) is 6.92 Å². The van der Waals surface area contributed by atoms with Crippen LogP contribution in [0.5, 0.6) is 0 Å². The zero-order valence-electron chi connectivity index (χ0n) is 14.9. The van der Waals surface area contributed by atoms with Crippen molar-refractivity contribution in [2.24, 2.45) is 14.1 Å². The second kappa shape index (κ2) is 6.95. The molecule has 1 N–H and O–H groups in total. The lowest BCUT2D eigenvalue weighted by atomic mass is 10.3. The fourth-order valence-corrected chi connectivity index (χ4v) is 2.72. The van der Waals surface area contributed by atoms with E-state index in [1.165, 1.54) is 17.9 Å². The van der Waals surface area contributed by atoms with E-state index in [9.17, 15) is 14.4 Å². The molecule has 3 rings (SSSR count). The molecule has 26 heavy (non-hydrogen) atoms. The fourth-order valence-electron chi connectivity index (χ4n) is 2.72. The SMILES string of the molecule is Cc1ccc(NC(=O)CCCn2cnc3c2c(=O)n(C)c(=O)n3C)nc1. The number of rotatable bonds is 5. The van der Waals surface area contributed by atoms with Crippen LogP contribution in [0.25, 0.3) is 11.2 Å². The normalized spacial score (nSPS) is 11.0. The van der Waals surface area contributed by atoms with Crippen LogP contribution in [-0.2, 0) is 25.4 Å². The minimum atomic E-state index is -0.419. The molecule has 0 aliphatic rings. The molecule has 0 saturated heterocycles. The van der Waals surface area contributed by atoms with Gasteiger partial charge in [0.05, 0.1) is 6.33 Å². The van der Waals surface area contributed by atoms with Crippen LogP contribution in [0.2, 0.25) is 0 Å². The molecule has 3 aromatic rings. The quantitative estimate of drug-likeness (QED) is 0.719. The first-order chi connectivity index (χ1) is 12.4. The van der Waals surface area contributed by atoms with Crippen molar-refractivity contribution in [3.8, 4) is 0 Å². The van der Waals surface area contributed by atoms with Gasteiger partial charge in [-0.2, -0.15) is 0 Å². The molecule has 9 nitrogen and oxygen atoms in total. The first-order valence-electron chi connectivity index (χ1n) is 8.22. The van der Waals surface area contributed by atoms with Gasteiger partial charge in [-0.1, -0.05) is 6.07 Å². The molecule has 1 amide bonds. The average molecular weight is 356 g/mol. The van der Waals surface area contributed by atoms with Gasteiger partial charge >= 0.3 is 5.69 Å². The summed E-state index contributed by atoms with van der Waals surface area (Å²) >= 11 is 0. The topological polar surface area (TPSA) is 104 Å². The number of fused-ring (bicyclic) bond motifs is 1. The van der Waals surface area contributed by atoms with Gasteiger partial charge < -0.3 is 9.88 Å². The van der Waals surface area contributed by atoms with Gasteiger partial charge in [-0.25, -0.2) is 14.8 Å². The van der Waals surface area contributed by atoms with E-state index >= 15 is 0 Å². The molecule has 0 aromatic carbocycles. The first kappa shape index (κ1) is 17.6. The Bertz CT molecular complexity index is 1070. The maximum atomic E-state index is 12.4. The van der Waals surface area contributed by atoms with Crippen LogP contribution < -0.4 is 16.6 Å². The van der Waals surface area contributed by atoms with Crippen molar-refractivity contribution in [2.75, 3.05) is 5.32 Å². The number of carbonyl (C=O) groups is 1. The van der Waals surface area contributed by atoms with Gasteiger partial charge in [0.15, 0.2) is 11.2 Å². The summed E-state index contributed by atoms with van der Waals surface area (Å²) in [6.07, 6.45) is 4.01. The molecule has 0 unspecified atom stereocenters. The van der Waals surface area contributed by atoms with E-state index in [-0.39, 0.29) is 12.3 Å². The third-order valence-corrected chi connectivity index (χ3v) is 4.20. The Hall–Kier alpha value is -3.23. The van der Waals surface area contributed by atoms with Gasteiger partial charge in [0, 0.05) is 33.3 Å². The number of anilines is 1. The highest BCUT2D eigenvalue weighted by atomic mass is 16.2. The molecule has 0 spiro atoms. The van der Waals surface area contributed by atoms with E-state index in [0.29, 0.717) is 29.9 Å². The standard InChI is InChI=1S/C17H20N6O3/c1-11-6-7-12(18-9-11)20-13(24)5-4-8-23-10-19-15-14(23)16(25)22(3)17(26)21(15)2/h6-7,9-10H,4-5,8H2,1-3H3,(H,18,20,24). The van der Waals surface area contributed by atoms with Gasteiger partial charge in [0.2, 0.25) is 5.91 Å². The van der Waals surface area contributed by atoms with Crippen LogP contribution in [0.3, 0.4) is 0 Å². The number of pyridine rings is 1.